The van der Waals surface area contributed by atoms with E-state index in [0.717, 1.165) is 29.8 Å². The molecule has 1 amide bonds. The summed E-state index contributed by atoms with van der Waals surface area (Å²) in [5.41, 5.74) is 2.54. The number of thioether (sulfide) groups is 1. The zero-order valence-electron chi connectivity index (χ0n) is 17.1. The fraction of sp³-hybridized carbons (Fsp3) is 0.217. The van der Waals surface area contributed by atoms with Crippen molar-refractivity contribution in [3.8, 4) is 11.3 Å². The molecule has 162 valence electrons. The normalized spacial score (nSPS) is 13.3. The van der Waals surface area contributed by atoms with Crippen LogP contribution in [0.25, 0.3) is 11.3 Å². The van der Waals surface area contributed by atoms with Crippen LogP contribution in [-0.4, -0.2) is 31.8 Å². The Morgan fingerprint density at radius 1 is 1.12 bits per heavy atom. The maximum Gasteiger partial charge on any atom is 0.239 e. The second-order valence-corrected chi connectivity index (χ2v) is 9.33. The monoisotopic (exact) mass is 465 g/mol. The number of carbonyl (C=O) groups excluding carboxylic acids is 1. The molecule has 1 N–H and O–H groups in total. The van der Waals surface area contributed by atoms with Gasteiger partial charge >= 0.3 is 0 Å². The Morgan fingerprint density at radius 2 is 1.91 bits per heavy atom. The Labute approximate surface area is 192 Å². The molecule has 2 aromatic carbocycles. The second kappa shape index (κ2) is 9.22. The van der Waals surface area contributed by atoms with E-state index in [9.17, 15) is 9.18 Å². The van der Waals surface area contributed by atoms with Crippen molar-refractivity contribution < 1.29 is 9.18 Å². The number of H-pyrrole nitrogens is 1. The minimum Gasteiger partial charge on any atom is -0.283 e. The molecular weight excluding hydrogens is 445 g/mol. The van der Waals surface area contributed by atoms with Gasteiger partial charge in [-0.25, -0.2) is 14.4 Å². The summed E-state index contributed by atoms with van der Waals surface area (Å²) in [5.74, 6) is 1.24. The van der Waals surface area contributed by atoms with Crippen LogP contribution in [0.2, 0.25) is 0 Å². The van der Waals surface area contributed by atoms with Crippen molar-refractivity contribution in [2.75, 3.05) is 10.7 Å². The van der Waals surface area contributed by atoms with E-state index in [4.69, 9.17) is 0 Å². The number of halogens is 1. The molecule has 0 saturated heterocycles. The van der Waals surface area contributed by atoms with Crippen LogP contribution in [0.5, 0.6) is 0 Å². The first-order valence-corrected chi connectivity index (χ1v) is 12.1. The van der Waals surface area contributed by atoms with E-state index < -0.39 is 0 Å². The van der Waals surface area contributed by atoms with Crippen molar-refractivity contribution in [3.05, 3.63) is 77.2 Å². The number of aromatic amines is 1. The predicted molar refractivity (Wildman–Crippen MR) is 124 cm³/mol. The molecule has 0 atom stereocenters. The number of thiazole rings is 1. The summed E-state index contributed by atoms with van der Waals surface area (Å²) in [5, 5.41) is 10.3. The summed E-state index contributed by atoms with van der Waals surface area (Å²) < 4.78 is 13.3. The van der Waals surface area contributed by atoms with Crippen molar-refractivity contribution in [1.82, 2.24) is 20.2 Å². The van der Waals surface area contributed by atoms with Gasteiger partial charge in [0.05, 0.1) is 18.0 Å². The maximum atomic E-state index is 13.3. The minimum absolute atomic E-state index is 0.0726. The summed E-state index contributed by atoms with van der Waals surface area (Å²) in [6.07, 6.45) is 2.28. The van der Waals surface area contributed by atoms with Crippen molar-refractivity contribution in [3.63, 3.8) is 0 Å². The van der Waals surface area contributed by atoms with E-state index in [0.29, 0.717) is 28.4 Å². The van der Waals surface area contributed by atoms with Crippen LogP contribution in [0, 0.1) is 5.82 Å². The largest absolute Gasteiger partial charge is 0.283 e. The van der Waals surface area contributed by atoms with E-state index in [1.165, 1.54) is 35.2 Å². The van der Waals surface area contributed by atoms with Gasteiger partial charge in [0.2, 0.25) is 11.1 Å². The summed E-state index contributed by atoms with van der Waals surface area (Å²) in [7, 11) is 0. The minimum atomic E-state index is -0.293. The highest BCUT2D eigenvalue weighted by Gasteiger charge is 2.27. The Hall–Kier alpha value is -3.04. The van der Waals surface area contributed by atoms with Crippen LogP contribution in [0.15, 0.2) is 65.1 Å². The summed E-state index contributed by atoms with van der Waals surface area (Å²) in [6, 6.07) is 16.0. The van der Waals surface area contributed by atoms with Gasteiger partial charge in [0, 0.05) is 16.9 Å². The lowest BCUT2D eigenvalue weighted by Gasteiger charge is -2.19. The summed E-state index contributed by atoms with van der Waals surface area (Å²) >= 11 is 2.72. The molecule has 6 nitrogen and oxygen atoms in total. The number of hydrogen-bond donors (Lipinski definition) is 1. The van der Waals surface area contributed by atoms with E-state index in [2.05, 4.69) is 20.2 Å². The molecule has 4 aromatic rings. The van der Waals surface area contributed by atoms with Gasteiger partial charge < -0.3 is 0 Å². The van der Waals surface area contributed by atoms with E-state index in [1.807, 2.05) is 35.7 Å². The Balaban J connectivity index is 1.34. The molecule has 1 saturated carbocycles. The molecule has 32 heavy (non-hydrogen) atoms. The highest BCUT2D eigenvalue weighted by molar-refractivity contribution is 7.99. The fourth-order valence-electron chi connectivity index (χ4n) is 3.24. The number of amides is 1. The van der Waals surface area contributed by atoms with Crippen LogP contribution >= 0.6 is 23.1 Å². The topological polar surface area (TPSA) is 74.8 Å². The van der Waals surface area contributed by atoms with Crippen LogP contribution < -0.4 is 4.90 Å². The lowest BCUT2D eigenvalue weighted by Crippen LogP contribution is -2.31. The molecule has 1 aliphatic rings. The Bertz CT molecular complexity index is 1200. The van der Waals surface area contributed by atoms with Gasteiger partial charge in [-0.15, -0.1) is 16.4 Å². The average Bonchev–Trinajstić information content (AvgIpc) is 3.36. The van der Waals surface area contributed by atoms with Crippen LogP contribution in [0.3, 0.4) is 0 Å². The lowest BCUT2D eigenvalue weighted by atomic mass is 10.2. The van der Waals surface area contributed by atoms with Gasteiger partial charge in [-0.3, -0.25) is 14.8 Å². The van der Waals surface area contributed by atoms with Crippen molar-refractivity contribution >= 4 is 34.1 Å². The highest BCUT2D eigenvalue weighted by Crippen LogP contribution is 2.38. The molecule has 0 radical (unpaired) electrons. The van der Waals surface area contributed by atoms with Gasteiger partial charge in [-0.1, -0.05) is 42.1 Å². The number of nitrogens with one attached hydrogen (secondary N) is 1. The third-order valence-corrected chi connectivity index (χ3v) is 6.81. The molecule has 0 unspecified atom stereocenters. The SMILES string of the molecule is O=C(CSc1n[nH]c(C2CC2)n1)N(Cc1ccccc1)c1nc(-c2ccc(F)cc2)cs1. The third kappa shape index (κ3) is 4.89. The summed E-state index contributed by atoms with van der Waals surface area (Å²) in [4.78, 5) is 24.1. The van der Waals surface area contributed by atoms with Gasteiger partial charge in [0.15, 0.2) is 5.13 Å². The molecule has 0 spiro atoms. The highest BCUT2D eigenvalue weighted by atomic mass is 32.2. The standard InChI is InChI=1S/C23H20FN5OS2/c24-18-10-8-16(9-11-18)19-13-32-23(25-19)29(12-15-4-2-1-3-5-15)20(30)14-31-22-26-21(27-28-22)17-6-7-17/h1-5,8-11,13,17H,6-7,12,14H2,(H,26,27,28). The molecule has 0 bridgehead atoms. The van der Waals surface area contributed by atoms with Crippen LogP contribution in [0.1, 0.15) is 30.1 Å². The average molecular weight is 466 g/mol. The van der Waals surface area contributed by atoms with Crippen molar-refractivity contribution in [2.24, 2.45) is 0 Å². The number of rotatable bonds is 8. The molecule has 2 aromatic heterocycles. The molecule has 9 heteroatoms. The van der Waals surface area contributed by atoms with Crippen molar-refractivity contribution in [2.45, 2.75) is 30.5 Å². The third-order valence-electron chi connectivity index (χ3n) is 5.12. The predicted octanol–water partition coefficient (Wildman–Crippen LogP) is 5.27. The second-order valence-electron chi connectivity index (χ2n) is 7.55. The number of aromatic nitrogens is 4. The van der Waals surface area contributed by atoms with E-state index in [-0.39, 0.29) is 17.5 Å². The van der Waals surface area contributed by atoms with Gasteiger partial charge in [-0.2, -0.15) is 0 Å². The number of benzene rings is 2. The Morgan fingerprint density at radius 3 is 2.66 bits per heavy atom. The molecule has 0 aliphatic heterocycles. The van der Waals surface area contributed by atoms with Gasteiger partial charge in [0.25, 0.3) is 0 Å². The number of nitrogens with zero attached hydrogens (tertiary/aromatic N) is 4. The maximum absolute atomic E-state index is 13.3. The molecule has 2 heterocycles. The molecule has 1 aliphatic carbocycles. The van der Waals surface area contributed by atoms with Gasteiger partial charge in [-0.05, 0) is 42.7 Å². The quantitative estimate of drug-likeness (QED) is 0.359. The number of hydrogen-bond acceptors (Lipinski definition) is 6. The van der Waals surface area contributed by atoms with E-state index in [1.54, 1.807) is 17.0 Å². The first-order chi connectivity index (χ1) is 15.7. The molecule has 1 fully saturated rings. The van der Waals surface area contributed by atoms with E-state index >= 15 is 0 Å². The Kier molecular flexibility index (Phi) is 6.00. The molecule has 5 rings (SSSR count). The number of carbonyl (C=O) groups is 1. The summed E-state index contributed by atoms with van der Waals surface area (Å²) in [6.45, 7) is 0.415. The van der Waals surface area contributed by atoms with Crippen molar-refractivity contribution in [1.29, 1.82) is 0 Å². The smallest absolute Gasteiger partial charge is 0.239 e. The first-order valence-electron chi connectivity index (χ1n) is 10.3. The zero-order valence-corrected chi connectivity index (χ0v) is 18.7. The number of anilines is 1. The first kappa shape index (κ1) is 20.8. The van der Waals surface area contributed by atoms with Crippen LogP contribution in [-0.2, 0) is 11.3 Å². The van der Waals surface area contributed by atoms with Crippen LogP contribution in [0.4, 0.5) is 9.52 Å². The lowest BCUT2D eigenvalue weighted by molar-refractivity contribution is -0.116. The zero-order chi connectivity index (χ0) is 21.9. The van der Waals surface area contributed by atoms with Gasteiger partial charge in [0.1, 0.15) is 11.6 Å². The fourth-order valence-corrected chi connectivity index (χ4v) is 4.77. The molecular formula is C23H20FN5OS2.